The number of hydrogen-bond donors (Lipinski definition) is 9. The maximum Gasteiger partial charge on any atom is 0.246 e. The van der Waals surface area contributed by atoms with Crippen molar-refractivity contribution in [1.82, 2.24) is 57.2 Å². The summed E-state index contributed by atoms with van der Waals surface area (Å²) in [7, 11) is 0. The van der Waals surface area contributed by atoms with Gasteiger partial charge in [-0.1, -0.05) is 42.0 Å². The van der Waals surface area contributed by atoms with E-state index >= 15 is 0 Å². The van der Waals surface area contributed by atoms with E-state index in [2.05, 4.69) is 48.5 Å². The molecule has 6 unspecified atom stereocenters. The molecule has 1 saturated carbocycles. The SMILES string of the molecule is C#CCC1NC(=O)CC(C(N)=O)NC(=O)CNC(=O)C2(CCC2)NC(=O)C2CCCN2C(=O)CNC(=O)CNC(=O)C(Cc2ccc(C)cc2)N2CCC=CCC(NC(=O)C3CCCN3C(=O)CNC1=O)C2=O. The van der Waals surface area contributed by atoms with Gasteiger partial charge < -0.3 is 63.0 Å². The van der Waals surface area contributed by atoms with Crippen LogP contribution in [0.1, 0.15) is 81.8 Å². The number of nitrogens with zero attached hydrogens (tertiary/aromatic N) is 3. The number of nitrogens with one attached hydrogen (secondary N) is 8. The van der Waals surface area contributed by atoms with E-state index in [1.165, 1.54) is 14.7 Å². The molecule has 1 aromatic carbocycles. The van der Waals surface area contributed by atoms with Crippen LogP contribution in [0, 0.1) is 19.3 Å². The van der Waals surface area contributed by atoms with Crippen LogP contribution in [0.15, 0.2) is 36.4 Å². The van der Waals surface area contributed by atoms with E-state index in [1.54, 1.807) is 6.08 Å². The second-order valence-corrected chi connectivity index (χ2v) is 18.9. The van der Waals surface area contributed by atoms with Crippen LogP contribution in [0.3, 0.4) is 0 Å². The van der Waals surface area contributed by atoms with Crippen LogP contribution in [-0.2, 0) is 64.0 Å². The lowest BCUT2D eigenvalue weighted by Crippen LogP contribution is -2.66. The molecule has 0 radical (unpaired) electrons. The molecular formula is C49H64N12O12. The third-order valence-electron chi connectivity index (χ3n) is 13.7. The molecule has 4 fully saturated rings. The van der Waals surface area contributed by atoms with Gasteiger partial charge in [0.15, 0.2) is 0 Å². The molecule has 4 heterocycles. The van der Waals surface area contributed by atoms with Gasteiger partial charge in [-0.15, -0.1) is 12.3 Å². The first-order valence-electron chi connectivity index (χ1n) is 24.5. The number of amides is 12. The van der Waals surface area contributed by atoms with Gasteiger partial charge in [-0.05, 0) is 70.3 Å². The summed E-state index contributed by atoms with van der Waals surface area (Å²) in [5.74, 6) is -6.81. The van der Waals surface area contributed by atoms with Crippen LogP contribution >= 0.6 is 0 Å². The van der Waals surface area contributed by atoms with Crippen molar-refractivity contribution < 1.29 is 57.5 Å². The molecule has 4 aliphatic heterocycles. The van der Waals surface area contributed by atoms with Crippen molar-refractivity contribution in [2.24, 2.45) is 5.73 Å². The first kappa shape index (κ1) is 54.5. The van der Waals surface area contributed by atoms with Gasteiger partial charge in [0, 0.05) is 32.5 Å². The molecule has 1 aromatic rings. The standard InChI is InChI=1S/C49H64N12O12/c1-3-10-31-43(68)53-28-41(66)59-21-7-12-34(59)45(70)57-32-11-5-4-6-20-61(47(32)72)36(23-30-16-14-29(2)15-17-30)44(69)52-25-38(63)51-27-40(65)60-22-8-13-35(60)46(71)58-49(18-9-19-49)48(73)54-26-39(64)56-33(42(50)67)24-37(62)55-31/h1,4-5,14-17,31-36H,6-13,18-28H2,2H3,(H2,50,67)(H,51,63)(H,52,69)(H,53,68)(H,54,73)(H,55,62)(H,56,64)(H,57,70)(H,58,71). The maximum atomic E-state index is 14.5. The molecule has 5 aliphatic rings. The Morgan fingerprint density at radius 1 is 0.685 bits per heavy atom. The van der Waals surface area contributed by atoms with Crippen molar-refractivity contribution in [2.45, 2.75) is 126 Å². The lowest BCUT2D eigenvalue weighted by molar-refractivity contribution is -0.145. The second-order valence-electron chi connectivity index (χ2n) is 18.9. The van der Waals surface area contributed by atoms with Crippen LogP contribution in [0.4, 0.5) is 0 Å². The van der Waals surface area contributed by atoms with E-state index in [1.807, 2.05) is 37.3 Å². The lowest BCUT2D eigenvalue weighted by Gasteiger charge is -2.41. The number of fused-ring (bicyclic) bond motifs is 4. The highest BCUT2D eigenvalue weighted by molar-refractivity contribution is 6.00. The zero-order valence-corrected chi connectivity index (χ0v) is 40.8. The molecule has 12 amide bonds. The monoisotopic (exact) mass is 1010 g/mol. The van der Waals surface area contributed by atoms with E-state index in [4.69, 9.17) is 12.2 Å². The van der Waals surface area contributed by atoms with Crippen molar-refractivity contribution in [1.29, 1.82) is 0 Å². The molecule has 0 aromatic heterocycles. The molecule has 24 heteroatoms. The van der Waals surface area contributed by atoms with Crippen molar-refractivity contribution in [3.63, 3.8) is 0 Å². The van der Waals surface area contributed by atoms with E-state index in [9.17, 15) is 57.5 Å². The van der Waals surface area contributed by atoms with Gasteiger partial charge in [0.2, 0.25) is 70.9 Å². The fraction of sp³-hybridized carbons (Fsp3) is 0.551. The van der Waals surface area contributed by atoms with Crippen LogP contribution < -0.4 is 48.3 Å². The Labute approximate surface area is 421 Å². The van der Waals surface area contributed by atoms with Gasteiger partial charge >= 0.3 is 0 Å². The van der Waals surface area contributed by atoms with Crippen molar-refractivity contribution >= 4 is 70.9 Å². The highest BCUT2D eigenvalue weighted by Gasteiger charge is 2.48. The highest BCUT2D eigenvalue weighted by atomic mass is 16.2. The minimum absolute atomic E-state index is 0.0371. The predicted molar refractivity (Wildman–Crippen MR) is 258 cm³/mol. The van der Waals surface area contributed by atoms with Gasteiger partial charge in [0.1, 0.15) is 41.8 Å². The number of rotatable bonds is 4. The van der Waals surface area contributed by atoms with Gasteiger partial charge in [0.25, 0.3) is 0 Å². The largest absolute Gasteiger partial charge is 0.368 e. The molecule has 6 atom stereocenters. The van der Waals surface area contributed by atoms with Crippen molar-refractivity contribution in [3.8, 4) is 12.3 Å². The number of nitrogens with two attached hydrogens (primary N) is 1. The van der Waals surface area contributed by atoms with Crippen LogP contribution in [-0.4, -0.2) is 173 Å². The normalized spacial score (nSPS) is 26.8. The number of primary amides is 1. The summed E-state index contributed by atoms with van der Waals surface area (Å²) in [6.07, 6.45) is 10.7. The Morgan fingerprint density at radius 3 is 1.95 bits per heavy atom. The summed E-state index contributed by atoms with van der Waals surface area (Å²) in [5, 5.41) is 20.2. The Hall–Kier alpha value is -7.84. The van der Waals surface area contributed by atoms with E-state index in [-0.39, 0.29) is 64.6 Å². The van der Waals surface area contributed by atoms with E-state index in [0.29, 0.717) is 31.2 Å². The first-order chi connectivity index (χ1) is 34.9. The third-order valence-corrected chi connectivity index (χ3v) is 13.7. The van der Waals surface area contributed by atoms with Crippen molar-refractivity contribution in [2.75, 3.05) is 45.8 Å². The molecule has 3 saturated heterocycles. The van der Waals surface area contributed by atoms with Gasteiger partial charge in [-0.25, -0.2) is 0 Å². The summed E-state index contributed by atoms with van der Waals surface area (Å²) >= 11 is 0. The quantitative estimate of drug-likeness (QED) is 0.103. The summed E-state index contributed by atoms with van der Waals surface area (Å²) < 4.78 is 0. The van der Waals surface area contributed by atoms with Gasteiger partial charge in [-0.3, -0.25) is 57.5 Å². The number of aryl methyl sites for hydroxylation is 1. The molecule has 392 valence electrons. The topological polar surface area (TPSA) is 337 Å². The Bertz CT molecular complexity index is 2420. The molecule has 10 N–H and O–H groups in total. The summed E-state index contributed by atoms with van der Waals surface area (Å²) in [6.45, 7) is -0.117. The molecule has 1 spiro atoms. The minimum Gasteiger partial charge on any atom is -0.368 e. The van der Waals surface area contributed by atoms with Crippen LogP contribution in [0.25, 0.3) is 0 Å². The fourth-order valence-electron chi connectivity index (χ4n) is 9.47. The maximum absolute atomic E-state index is 14.5. The molecular weight excluding hydrogens is 949 g/mol. The zero-order valence-electron chi connectivity index (χ0n) is 40.8. The molecule has 1 aliphatic carbocycles. The lowest BCUT2D eigenvalue weighted by atomic mass is 9.75. The third kappa shape index (κ3) is 14.2. The number of hydrogen-bond acceptors (Lipinski definition) is 12. The van der Waals surface area contributed by atoms with Gasteiger partial charge in [0.05, 0.1) is 32.6 Å². The Morgan fingerprint density at radius 2 is 1.32 bits per heavy atom. The number of carbonyl (C=O) groups is 12. The summed E-state index contributed by atoms with van der Waals surface area (Å²) in [5.41, 5.74) is 5.73. The highest BCUT2D eigenvalue weighted by Crippen LogP contribution is 2.33. The number of carbonyl (C=O) groups excluding carboxylic acids is 12. The zero-order chi connectivity index (χ0) is 52.8. The van der Waals surface area contributed by atoms with E-state index < -0.39 is 145 Å². The summed E-state index contributed by atoms with van der Waals surface area (Å²) in [4.78, 5) is 166. The predicted octanol–water partition coefficient (Wildman–Crippen LogP) is -4.06. The number of terminal acetylenes is 1. The molecule has 73 heavy (non-hydrogen) atoms. The molecule has 24 nitrogen and oxygen atoms in total. The first-order valence-corrected chi connectivity index (χ1v) is 24.5. The van der Waals surface area contributed by atoms with Crippen LogP contribution in [0.5, 0.6) is 0 Å². The molecule has 6 rings (SSSR count). The Balaban J connectivity index is 1.23. The number of benzene rings is 1. The minimum atomic E-state index is -1.61. The van der Waals surface area contributed by atoms with Crippen LogP contribution in [0.2, 0.25) is 0 Å². The van der Waals surface area contributed by atoms with Crippen molar-refractivity contribution in [3.05, 3.63) is 47.5 Å². The summed E-state index contributed by atoms with van der Waals surface area (Å²) in [6, 6.07) is -0.0490. The Kier molecular flexibility index (Phi) is 18.7. The second kappa shape index (κ2) is 25.0. The fourth-order valence-corrected chi connectivity index (χ4v) is 9.47. The smallest absolute Gasteiger partial charge is 0.246 e. The average molecular weight is 1010 g/mol. The average Bonchev–Trinajstić information content (AvgIpc) is 4.06. The molecule has 2 bridgehead atoms. The van der Waals surface area contributed by atoms with Gasteiger partial charge in [-0.2, -0.15) is 0 Å². The van der Waals surface area contributed by atoms with E-state index in [0.717, 1.165) is 5.56 Å².